The topological polar surface area (TPSA) is 197 Å². The van der Waals surface area contributed by atoms with E-state index in [1.54, 1.807) is 6.92 Å². The average molecular weight is 431 g/mol. The zero-order valence-corrected chi connectivity index (χ0v) is 16.9. The lowest BCUT2D eigenvalue weighted by Crippen LogP contribution is -2.44. The number of imidazole rings is 1. The molecule has 13 nitrogen and oxygen atoms in total. The molecular weight excluding hydrogens is 404 g/mol. The molecular formula is C12H27N5O8P2. The molecule has 27 heavy (non-hydrogen) atoms. The molecule has 0 aliphatic carbocycles. The molecule has 0 spiro atoms. The molecule has 2 unspecified atom stereocenters. The summed E-state index contributed by atoms with van der Waals surface area (Å²) in [7, 11) is -7.20. The number of hydrogen-bond donors (Lipinski definition) is 8. The maximum Gasteiger partial charge on any atom is 0.195 e. The van der Waals surface area contributed by atoms with Gasteiger partial charge in [-0.05, 0) is 20.3 Å². The van der Waals surface area contributed by atoms with Gasteiger partial charge >= 0.3 is 0 Å². The number of nitrogens with zero attached hydrogens (tertiary/aromatic N) is 2. The number of nitrogens with two attached hydrogens (primary N) is 1. The third kappa shape index (κ3) is 6.24. The summed E-state index contributed by atoms with van der Waals surface area (Å²) in [6.45, 7) is 4.12. The summed E-state index contributed by atoms with van der Waals surface area (Å²) in [5, 5.41) is 16.2. The summed E-state index contributed by atoms with van der Waals surface area (Å²) in [6.07, 6.45) is 3.62. The average Bonchev–Trinajstić information content (AvgIpc) is 3.12. The molecule has 1 aromatic heterocycles. The van der Waals surface area contributed by atoms with E-state index in [9.17, 15) is 24.9 Å². The van der Waals surface area contributed by atoms with Crippen LogP contribution in [0.1, 0.15) is 27.2 Å². The van der Waals surface area contributed by atoms with Crippen LogP contribution in [-0.2, 0) is 21.2 Å². The Bertz CT molecular complexity index is 615. The third-order valence-corrected chi connectivity index (χ3v) is 8.76. The van der Waals surface area contributed by atoms with E-state index < -0.39 is 38.7 Å². The zero-order valence-electron chi connectivity index (χ0n) is 15.1. The second kappa shape index (κ2) is 10.3. The monoisotopic (exact) mass is 431 g/mol. The normalized spacial score (nSPS) is 19.1. The molecule has 0 saturated heterocycles. The molecule has 0 fully saturated rings. The Morgan fingerprint density at radius 2 is 2.11 bits per heavy atom. The van der Waals surface area contributed by atoms with E-state index >= 15 is 0 Å². The van der Waals surface area contributed by atoms with Crippen LogP contribution in [0.25, 0.3) is 0 Å². The smallest absolute Gasteiger partial charge is 0.195 e. The van der Waals surface area contributed by atoms with Gasteiger partial charge in [-0.1, -0.05) is 18.2 Å². The van der Waals surface area contributed by atoms with E-state index in [-0.39, 0.29) is 12.4 Å². The summed E-state index contributed by atoms with van der Waals surface area (Å²) in [5.74, 6) is 0.0908. The van der Waals surface area contributed by atoms with Gasteiger partial charge in [-0.25, -0.2) is 4.98 Å². The van der Waals surface area contributed by atoms with Crippen molar-refractivity contribution >= 4 is 21.5 Å². The summed E-state index contributed by atoms with van der Waals surface area (Å²) in [6, 6.07) is 0. The van der Waals surface area contributed by atoms with Gasteiger partial charge in [0, 0.05) is 12.4 Å². The quantitative estimate of drug-likeness (QED) is 0.0889. The number of aliphatic hydroxyl groups excluding tert-OH is 1. The van der Waals surface area contributed by atoms with Gasteiger partial charge in [-0.2, -0.15) is 4.94 Å². The molecule has 0 bridgehead atoms. The third-order valence-electron chi connectivity index (χ3n) is 3.66. The number of nitrogens with one attached hydrogen (secondary N) is 2. The fourth-order valence-corrected chi connectivity index (χ4v) is 5.84. The minimum absolute atomic E-state index is 0.0908. The first-order valence-electron chi connectivity index (χ1n) is 7.77. The van der Waals surface area contributed by atoms with E-state index in [1.807, 2.05) is 11.3 Å². The van der Waals surface area contributed by atoms with Crippen LogP contribution < -0.4 is 17.0 Å². The van der Waals surface area contributed by atoms with Crippen molar-refractivity contribution in [3.63, 3.8) is 0 Å². The highest BCUT2D eigenvalue weighted by molar-refractivity contribution is 7.78. The van der Waals surface area contributed by atoms with Gasteiger partial charge in [-0.3, -0.25) is 9.68 Å². The Morgan fingerprint density at radius 1 is 1.44 bits per heavy atom. The lowest BCUT2D eigenvalue weighted by Gasteiger charge is -2.44. The molecule has 1 rings (SSSR count). The SMILES string of the molecule is CC[C@@](C)(ONONOC(C)N)[P@@](O)C(O)(Cn1ccnc1)P(O)(O)=CO. The number of rotatable bonds is 12. The minimum Gasteiger partial charge on any atom is -0.373 e. The summed E-state index contributed by atoms with van der Waals surface area (Å²) in [5.41, 5.74) is 9.34. The van der Waals surface area contributed by atoms with Crippen molar-refractivity contribution in [1.82, 2.24) is 20.8 Å². The second-order valence-corrected chi connectivity index (χ2v) is 10.7. The summed E-state index contributed by atoms with van der Waals surface area (Å²) >= 11 is 0. The Labute approximate surface area is 157 Å². The van der Waals surface area contributed by atoms with Crippen molar-refractivity contribution in [3.05, 3.63) is 18.7 Å². The van der Waals surface area contributed by atoms with Crippen LogP contribution in [0.4, 0.5) is 0 Å². The molecule has 0 aromatic carbocycles. The van der Waals surface area contributed by atoms with Gasteiger partial charge < -0.3 is 35.2 Å². The molecule has 4 atom stereocenters. The Morgan fingerprint density at radius 3 is 2.59 bits per heavy atom. The molecule has 0 saturated carbocycles. The first kappa shape index (κ1) is 24.5. The Kier molecular flexibility index (Phi) is 9.38. The van der Waals surface area contributed by atoms with Crippen LogP contribution in [0.5, 0.6) is 0 Å². The lowest BCUT2D eigenvalue weighted by molar-refractivity contribution is -0.313. The van der Waals surface area contributed by atoms with Crippen LogP contribution in [0.2, 0.25) is 0 Å². The first-order valence-corrected chi connectivity index (χ1v) is 10.8. The predicted octanol–water partition coefficient (Wildman–Crippen LogP) is -0.797. The molecule has 1 aromatic rings. The maximum absolute atomic E-state index is 11.0. The van der Waals surface area contributed by atoms with Gasteiger partial charge in [0.25, 0.3) is 0 Å². The van der Waals surface area contributed by atoms with Crippen molar-refractivity contribution in [1.29, 1.82) is 0 Å². The zero-order chi connectivity index (χ0) is 20.7. The lowest BCUT2D eigenvalue weighted by atomic mass is 10.3. The molecule has 0 aliphatic heterocycles. The van der Waals surface area contributed by atoms with Crippen LogP contribution in [-0.4, -0.2) is 57.1 Å². The van der Waals surface area contributed by atoms with E-state index in [4.69, 9.17) is 15.4 Å². The maximum atomic E-state index is 11.0. The molecule has 0 radical (unpaired) electrons. The molecule has 9 N–H and O–H groups in total. The first-order chi connectivity index (χ1) is 12.5. The summed E-state index contributed by atoms with van der Waals surface area (Å²) in [4.78, 5) is 49.7. The van der Waals surface area contributed by atoms with Crippen molar-refractivity contribution < 1.29 is 39.5 Å². The van der Waals surface area contributed by atoms with Gasteiger partial charge in [0.15, 0.2) is 12.4 Å². The predicted molar refractivity (Wildman–Crippen MR) is 97.5 cm³/mol. The molecule has 15 heteroatoms. The van der Waals surface area contributed by atoms with Crippen molar-refractivity contribution in [2.45, 2.75) is 50.4 Å². The minimum atomic E-state index is -4.50. The van der Waals surface area contributed by atoms with E-state index in [2.05, 4.69) is 9.92 Å². The fraction of sp³-hybridized carbons (Fsp3) is 0.667. The van der Waals surface area contributed by atoms with Crippen LogP contribution in [0, 0.1) is 0 Å². The number of hydrogen-bond acceptors (Lipinski definition) is 11. The second-order valence-electron chi connectivity index (χ2n) is 5.81. The highest BCUT2D eigenvalue weighted by atomic mass is 31.2. The molecule has 158 valence electrons. The molecule has 1 heterocycles. The molecule has 0 amide bonds. The van der Waals surface area contributed by atoms with Crippen LogP contribution in [0.15, 0.2) is 18.7 Å². The highest BCUT2D eigenvalue weighted by Crippen LogP contribution is 2.71. The largest absolute Gasteiger partial charge is 0.373 e. The highest BCUT2D eigenvalue weighted by Gasteiger charge is 2.56. The Hall–Kier alpha value is -0.500. The van der Waals surface area contributed by atoms with Crippen molar-refractivity contribution in [3.8, 4) is 0 Å². The molecule has 0 aliphatic rings. The van der Waals surface area contributed by atoms with E-state index in [0.717, 1.165) is 0 Å². The van der Waals surface area contributed by atoms with E-state index in [0.29, 0.717) is 0 Å². The summed E-state index contributed by atoms with van der Waals surface area (Å²) < 4.78 is 1.33. The number of aliphatic hydroxyl groups is 2. The van der Waals surface area contributed by atoms with Crippen molar-refractivity contribution in [2.24, 2.45) is 5.73 Å². The van der Waals surface area contributed by atoms with Crippen molar-refractivity contribution in [2.75, 3.05) is 0 Å². The van der Waals surface area contributed by atoms with Gasteiger partial charge in [-0.15, -0.1) is 0 Å². The number of aromatic nitrogens is 2. The van der Waals surface area contributed by atoms with Gasteiger partial charge in [0.05, 0.1) is 18.9 Å². The van der Waals surface area contributed by atoms with Gasteiger partial charge in [0.2, 0.25) is 0 Å². The standard InChI is InChI=1S/C12H27N5O8P2/c1-4-11(3,24-16-25-15-23-10(2)13)26(20)12(19,27(21,22)9-18)7-17-6-5-14-8-17/h5-6,8-10,15-16,18-22H,4,7,13H2,1-3H3/t10?,11-,12?,26+/m0/s1. The fourth-order valence-electron chi connectivity index (χ4n) is 1.90. The Balaban J connectivity index is 3.01. The van der Waals surface area contributed by atoms with Gasteiger partial charge in [0.1, 0.15) is 19.7 Å². The van der Waals surface area contributed by atoms with Crippen LogP contribution >= 0.6 is 15.5 Å². The van der Waals surface area contributed by atoms with Crippen LogP contribution in [0.3, 0.4) is 0 Å². The van der Waals surface area contributed by atoms with E-state index in [1.165, 1.54) is 37.1 Å².